The molecule has 0 saturated heterocycles. The number of para-hydroxylation sites is 1. The van der Waals surface area contributed by atoms with Crippen molar-refractivity contribution in [2.75, 3.05) is 31.6 Å². The normalized spacial score (nSPS) is 10.4. The molecule has 5 heteroatoms. The Balaban J connectivity index is 2.51. The van der Waals surface area contributed by atoms with E-state index < -0.39 is 5.82 Å². The molecular weight excluding hydrogens is 271 g/mol. The Bertz CT molecular complexity index is 438. The molecule has 0 aliphatic rings. The molecule has 2 N–H and O–H groups in total. The highest BCUT2D eigenvalue weighted by molar-refractivity contribution is 5.99. The summed E-state index contributed by atoms with van der Waals surface area (Å²) in [5.41, 5.74) is 0.622. The maximum Gasteiger partial charge on any atom is 0.253 e. The van der Waals surface area contributed by atoms with E-state index in [1.807, 2.05) is 6.92 Å². The molecule has 21 heavy (non-hydrogen) atoms. The number of benzene rings is 1. The zero-order chi connectivity index (χ0) is 15.5. The minimum atomic E-state index is -0.401. The first-order valence-corrected chi connectivity index (χ1v) is 7.59. The van der Waals surface area contributed by atoms with Crippen LogP contribution >= 0.6 is 0 Å². The van der Waals surface area contributed by atoms with Gasteiger partial charge in [-0.2, -0.15) is 0 Å². The maximum atomic E-state index is 13.8. The summed E-state index contributed by atoms with van der Waals surface area (Å²) in [6, 6.07) is 4.53. The van der Waals surface area contributed by atoms with Crippen molar-refractivity contribution in [2.45, 2.75) is 33.1 Å². The van der Waals surface area contributed by atoms with Gasteiger partial charge in [0, 0.05) is 26.3 Å². The fraction of sp³-hybridized carbons (Fsp3) is 0.562. The monoisotopic (exact) mass is 296 g/mol. The smallest absolute Gasteiger partial charge is 0.253 e. The first-order chi connectivity index (χ1) is 10.2. The molecule has 1 amide bonds. The van der Waals surface area contributed by atoms with E-state index in [2.05, 4.69) is 17.6 Å². The molecule has 1 rings (SSSR count). The van der Waals surface area contributed by atoms with E-state index >= 15 is 0 Å². The molecule has 0 radical (unpaired) electrons. The highest BCUT2D eigenvalue weighted by atomic mass is 19.1. The summed E-state index contributed by atoms with van der Waals surface area (Å²) in [5.74, 6) is -0.661. The molecule has 1 aromatic carbocycles. The predicted octanol–water partition coefficient (Wildman–Crippen LogP) is 3.19. The number of rotatable bonds is 10. The van der Waals surface area contributed by atoms with E-state index in [4.69, 9.17) is 4.74 Å². The molecule has 0 aromatic heterocycles. The van der Waals surface area contributed by atoms with Gasteiger partial charge in [0.15, 0.2) is 0 Å². The van der Waals surface area contributed by atoms with E-state index in [1.54, 1.807) is 12.1 Å². The van der Waals surface area contributed by atoms with Crippen LogP contribution in [-0.2, 0) is 4.74 Å². The molecule has 0 saturated carbocycles. The third-order valence-electron chi connectivity index (χ3n) is 2.91. The number of hydrogen-bond donors (Lipinski definition) is 2. The number of halogens is 1. The largest absolute Gasteiger partial charge is 0.382 e. The molecule has 4 nitrogen and oxygen atoms in total. The number of hydrogen-bond acceptors (Lipinski definition) is 3. The van der Waals surface area contributed by atoms with Crippen LogP contribution in [0.2, 0.25) is 0 Å². The van der Waals surface area contributed by atoms with E-state index in [0.717, 1.165) is 25.9 Å². The third-order valence-corrected chi connectivity index (χ3v) is 2.91. The zero-order valence-corrected chi connectivity index (χ0v) is 12.9. The number of nitrogens with one attached hydrogen (secondary N) is 2. The van der Waals surface area contributed by atoms with Crippen LogP contribution in [0.4, 0.5) is 10.1 Å². The predicted molar refractivity (Wildman–Crippen MR) is 83.2 cm³/mol. The van der Waals surface area contributed by atoms with Crippen LogP contribution in [-0.4, -0.2) is 32.2 Å². The van der Waals surface area contributed by atoms with Crippen LogP contribution < -0.4 is 10.6 Å². The average Bonchev–Trinajstić information content (AvgIpc) is 2.49. The Morgan fingerprint density at radius 2 is 2.00 bits per heavy atom. The molecule has 0 aliphatic carbocycles. The van der Waals surface area contributed by atoms with Gasteiger partial charge in [-0.05, 0) is 31.4 Å². The lowest BCUT2D eigenvalue weighted by molar-refractivity contribution is 0.0942. The fourth-order valence-corrected chi connectivity index (χ4v) is 1.86. The second-order valence-electron chi connectivity index (χ2n) is 4.81. The Morgan fingerprint density at radius 3 is 2.71 bits per heavy atom. The molecular formula is C16H25FN2O2. The Labute approximate surface area is 126 Å². The molecule has 0 fully saturated rings. The lowest BCUT2D eigenvalue weighted by Crippen LogP contribution is -2.26. The number of carbonyl (C=O) groups excluding carboxylic acids is 1. The molecule has 0 atom stereocenters. The van der Waals surface area contributed by atoms with E-state index in [9.17, 15) is 9.18 Å². The SMILES string of the molecule is CCCNc1c(F)cccc1C(=O)NCCCOCCC. The summed E-state index contributed by atoms with van der Waals surface area (Å²) in [6.45, 7) is 6.56. The Hall–Kier alpha value is -1.62. The minimum Gasteiger partial charge on any atom is -0.382 e. The van der Waals surface area contributed by atoms with Gasteiger partial charge in [-0.25, -0.2) is 4.39 Å². The number of ether oxygens (including phenoxy) is 1. The van der Waals surface area contributed by atoms with Gasteiger partial charge in [0.25, 0.3) is 5.91 Å². The number of carbonyl (C=O) groups is 1. The quantitative estimate of drug-likeness (QED) is 0.652. The van der Waals surface area contributed by atoms with Crippen LogP contribution in [0.25, 0.3) is 0 Å². The van der Waals surface area contributed by atoms with Crippen molar-refractivity contribution in [3.8, 4) is 0 Å². The van der Waals surface area contributed by atoms with Gasteiger partial charge in [-0.15, -0.1) is 0 Å². The van der Waals surface area contributed by atoms with Gasteiger partial charge in [-0.3, -0.25) is 4.79 Å². The van der Waals surface area contributed by atoms with E-state index in [0.29, 0.717) is 25.3 Å². The molecule has 0 aliphatic heterocycles. The molecule has 1 aromatic rings. The lowest BCUT2D eigenvalue weighted by atomic mass is 10.1. The van der Waals surface area contributed by atoms with Gasteiger partial charge in [0.05, 0.1) is 11.3 Å². The molecule has 0 unspecified atom stereocenters. The summed E-state index contributed by atoms with van der Waals surface area (Å²) >= 11 is 0. The van der Waals surface area contributed by atoms with Crippen molar-refractivity contribution >= 4 is 11.6 Å². The Kier molecular flexibility index (Phi) is 8.43. The molecule has 118 valence electrons. The van der Waals surface area contributed by atoms with E-state index in [-0.39, 0.29) is 11.6 Å². The Morgan fingerprint density at radius 1 is 1.19 bits per heavy atom. The summed E-state index contributed by atoms with van der Waals surface area (Å²) in [5, 5.41) is 5.76. The first-order valence-electron chi connectivity index (χ1n) is 7.59. The number of anilines is 1. The van der Waals surface area contributed by atoms with Gasteiger partial charge in [0.2, 0.25) is 0 Å². The lowest BCUT2D eigenvalue weighted by Gasteiger charge is -2.12. The standard InChI is InChI=1S/C16H25FN2O2/c1-3-9-18-15-13(7-5-8-14(15)17)16(20)19-10-6-12-21-11-4-2/h5,7-8,18H,3-4,6,9-12H2,1-2H3,(H,19,20). The maximum absolute atomic E-state index is 13.8. The van der Waals surface area contributed by atoms with Crippen molar-refractivity contribution in [1.29, 1.82) is 0 Å². The van der Waals surface area contributed by atoms with Crippen LogP contribution in [0.1, 0.15) is 43.5 Å². The highest BCUT2D eigenvalue weighted by Gasteiger charge is 2.14. The molecule has 0 bridgehead atoms. The topological polar surface area (TPSA) is 50.4 Å². The van der Waals surface area contributed by atoms with Gasteiger partial charge < -0.3 is 15.4 Å². The van der Waals surface area contributed by atoms with Crippen LogP contribution in [0.15, 0.2) is 18.2 Å². The number of amides is 1. The van der Waals surface area contributed by atoms with Gasteiger partial charge in [-0.1, -0.05) is 19.9 Å². The van der Waals surface area contributed by atoms with Crippen LogP contribution in [0.5, 0.6) is 0 Å². The van der Waals surface area contributed by atoms with Crippen molar-refractivity contribution in [3.05, 3.63) is 29.6 Å². The van der Waals surface area contributed by atoms with Gasteiger partial charge >= 0.3 is 0 Å². The summed E-state index contributed by atoms with van der Waals surface area (Å²) in [7, 11) is 0. The molecule has 0 heterocycles. The van der Waals surface area contributed by atoms with Crippen molar-refractivity contribution in [1.82, 2.24) is 5.32 Å². The first kappa shape index (κ1) is 17.4. The van der Waals surface area contributed by atoms with Crippen molar-refractivity contribution < 1.29 is 13.9 Å². The highest BCUT2D eigenvalue weighted by Crippen LogP contribution is 2.19. The zero-order valence-electron chi connectivity index (χ0n) is 12.9. The molecule has 0 spiro atoms. The van der Waals surface area contributed by atoms with Crippen LogP contribution in [0, 0.1) is 5.82 Å². The fourth-order valence-electron chi connectivity index (χ4n) is 1.86. The summed E-state index contributed by atoms with van der Waals surface area (Å²) in [4.78, 5) is 12.1. The van der Waals surface area contributed by atoms with Gasteiger partial charge in [0.1, 0.15) is 5.82 Å². The van der Waals surface area contributed by atoms with Crippen molar-refractivity contribution in [3.63, 3.8) is 0 Å². The third kappa shape index (κ3) is 6.12. The second-order valence-corrected chi connectivity index (χ2v) is 4.81. The summed E-state index contributed by atoms with van der Waals surface area (Å²) < 4.78 is 19.1. The second kappa shape index (κ2) is 10.2. The minimum absolute atomic E-state index is 0.261. The average molecular weight is 296 g/mol. The van der Waals surface area contributed by atoms with Crippen LogP contribution in [0.3, 0.4) is 0 Å². The van der Waals surface area contributed by atoms with E-state index in [1.165, 1.54) is 6.07 Å². The van der Waals surface area contributed by atoms with Crippen molar-refractivity contribution in [2.24, 2.45) is 0 Å². The summed E-state index contributed by atoms with van der Waals surface area (Å²) in [6.07, 6.45) is 2.60.